The highest BCUT2D eigenvalue weighted by atomic mass is 16.5. The predicted octanol–water partition coefficient (Wildman–Crippen LogP) is 9.28. The van der Waals surface area contributed by atoms with Gasteiger partial charge in [-0.2, -0.15) is 0 Å². The van der Waals surface area contributed by atoms with Gasteiger partial charge in [0.05, 0.1) is 5.56 Å². The molecule has 8 atom stereocenters. The van der Waals surface area contributed by atoms with Gasteiger partial charge < -0.3 is 24.8 Å². The van der Waals surface area contributed by atoms with Gasteiger partial charge in [-0.1, -0.05) is 38.1 Å². The van der Waals surface area contributed by atoms with Crippen molar-refractivity contribution in [1.29, 1.82) is 0 Å². The van der Waals surface area contributed by atoms with Crippen LogP contribution in [0.25, 0.3) is 11.1 Å². The van der Waals surface area contributed by atoms with E-state index in [1.165, 1.54) is 64.4 Å². The summed E-state index contributed by atoms with van der Waals surface area (Å²) in [5.41, 5.74) is 10.7. The molecule has 6 aliphatic carbocycles. The van der Waals surface area contributed by atoms with Crippen molar-refractivity contribution in [3.8, 4) is 11.5 Å². The Kier molecular flexibility index (Phi) is 10.8. The van der Waals surface area contributed by atoms with Crippen LogP contribution in [0.2, 0.25) is 0 Å². The molecule has 2 saturated carbocycles. The maximum absolute atomic E-state index is 11.4. The third kappa shape index (κ3) is 7.50. The van der Waals surface area contributed by atoms with E-state index in [0.29, 0.717) is 47.0 Å². The fourth-order valence-corrected chi connectivity index (χ4v) is 12.8. The second-order valence-corrected chi connectivity index (χ2v) is 18.4. The number of carboxylic acid groups (broad SMARTS) is 3. The van der Waals surface area contributed by atoms with Crippen LogP contribution in [0.3, 0.4) is 0 Å². The average Bonchev–Trinajstić information content (AvgIpc) is 3.82. The summed E-state index contributed by atoms with van der Waals surface area (Å²) >= 11 is 0. The van der Waals surface area contributed by atoms with Gasteiger partial charge in [-0.05, 0) is 180 Å². The van der Waals surface area contributed by atoms with Crippen LogP contribution in [0.5, 0.6) is 11.5 Å². The van der Waals surface area contributed by atoms with Crippen molar-refractivity contribution in [2.75, 3.05) is 13.2 Å². The molecule has 11 nitrogen and oxygen atoms in total. The number of hydrogen-bond acceptors (Lipinski definition) is 8. The van der Waals surface area contributed by atoms with Gasteiger partial charge in [0.2, 0.25) is 0 Å². The summed E-state index contributed by atoms with van der Waals surface area (Å²) in [5, 5.41) is 27.1. The summed E-state index contributed by atoms with van der Waals surface area (Å²) in [6.45, 7) is 4.18. The number of pyridine rings is 1. The molecule has 6 aliphatic rings. The van der Waals surface area contributed by atoms with Gasteiger partial charge in [-0.15, -0.1) is 0 Å². The largest absolute Gasteiger partial charge is 0.482 e. The number of nitrogens with zero attached hydrogens (tertiary/aromatic N) is 3. The molecular formula is C50H53N3O8. The van der Waals surface area contributed by atoms with E-state index in [4.69, 9.17) is 19.7 Å². The first kappa shape index (κ1) is 40.6. The third-order valence-corrected chi connectivity index (χ3v) is 15.5. The van der Waals surface area contributed by atoms with Crippen LogP contribution in [-0.4, -0.2) is 61.4 Å². The van der Waals surface area contributed by atoms with Gasteiger partial charge >= 0.3 is 17.9 Å². The van der Waals surface area contributed by atoms with E-state index in [-0.39, 0.29) is 29.6 Å². The van der Waals surface area contributed by atoms with Crippen molar-refractivity contribution in [1.82, 2.24) is 15.0 Å². The average molecular weight is 824 g/mol. The third-order valence-electron chi connectivity index (χ3n) is 15.5. The lowest BCUT2D eigenvalue weighted by Gasteiger charge is -2.50. The lowest BCUT2D eigenvalue weighted by molar-refractivity contribution is -0.140. The van der Waals surface area contributed by atoms with E-state index in [9.17, 15) is 19.5 Å². The van der Waals surface area contributed by atoms with E-state index < -0.39 is 17.9 Å². The van der Waals surface area contributed by atoms with E-state index in [0.717, 1.165) is 50.5 Å². The van der Waals surface area contributed by atoms with Crippen LogP contribution in [0.4, 0.5) is 0 Å². The quantitative estimate of drug-likeness (QED) is 0.147. The number of aryl methyl sites for hydroxylation is 2. The van der Waals surface area contributed by atoms with E-state index >= 15 is 0 Å². The van der Waals surface area contributed by atoms with Gasteiger partial charge in [-0.25, -0.2) is 24.4 Å². The zero-order valence-corrected chi connectivity index (χ0v) is 34.8. The van der Waals surface area contributed by atoms with E-state index in [1.807, 2.05) is 30.6 Å². The molecule has 316 valence electrons. The molecule has 0 spiro atoms. The van der Waals surface area contributed by atoms with Gasteiger partial charge in [0.1, 0.15) is 17.8 Å². The first-order valence-corrected chi connectivity index (χ1v) is 21.7. The monoisotopic (exact) mass is 823 g/mol. The molecule has 11 heteroatoms. The van der Waals surface area contributed by atoms with Crippen LogP contribution >= 0.6 is 0 Å². The number of allylic oxidation sites excluding steroid dienone is 4. The molecule has 0 radical (unpaired) electrons. The second-order valence-electron chi connectivity index (χ2n) is 18.4. The number of aromatic carboxylic acids is 1. The van der Waals surface area contributed by atoms with Crippen molar-refractivity contribution < 1.29 is 39.2 Å². The summed E-state index contributed by atoms with van der Waals surface area (Å²) in [6, 6.07) is 14.0. The van der Waals surface area contributed by atoms with Crippen LogP contribution in [0, 0.1) is 34.5 Å². The number of aromatic nitrogens is 3. The summed E-state index contributed by atoms with van der Waals surface area (Å²) < 4.78 is 10.8. The van der Waals surface area contributed by atoms with Gasteiger partial charge in [0, 0.05) is 30.4 Å². The lowest BCUT2D eigenvalue weighted by atomic mass is 9.54. The molecule has 6 unspecified atom stereocenters. The molecule has 2 fully saturated rings. The maximum Gasteiger partial charge on any atom is 0.341 e. The molecule has 4 aromatic rings. The summed E-state index contributed by atoms with van der Waals surface area (Å²) in [6.07, 6.45) is 24.4. The zero-order valence-electron chi connectivity index (χ0n) is 34.8. The Labute approximate surface area is 356 Å². The number of carboxylic acids is 3. The molecule has 10 rings (SSSR count). The van der Waals surface area contributed by atoms with Crippen LogP contribution in [0.15, 0.2) is 85.7 Å². The van der Waals surface area contributed by atoms with Crippen LogP contribution < -0.4 is 9.47 Å². The lowest BCUT2D eigenvalue weighted by Crippen LogP contribution is -2.40. The van der Waals surface area contributed by atoms with Gasteiger partial charge in [0.15, 0.2) is 13.2 Å². The zero-order chi connectivity index (χ0) is 42.5. The molecule has 0 saturated heterocycles. The van der Waals surface area contributed by atoms with Crippen molar-refractivity contribution in [2.45, 2.75) is 89.9 Å². The molecule has 2 aromatic carbocycles. The molecular weight excluding hydrogens is 771 g/mol. The molecule has 2 aromatic heterocycles. The predicted molar refractivity (Wildman–Crippen MR) is 228 cm³/mol. The van der Waals surface area contributed by atoms with E-state index in [1.54, 1.807) is 18.6 Å². The van der Waals surface area contributed by atoms with Crippen molar-refractivity contribution >= 4 is 29.1 Å². The van der Waals surface area contributed by atoms with Crippen molar-refractivity contribution in [3.63, 3.8) is 0 Å². The SMILES string of the molecule is C[C@]12CCC3c4ccc(OCC(=O)O)cc4CCC3C1CC=C2c1cncc(C(=O)O)c1.C[C@]12CCC3c4ccc(OCC(=O)O)cc4CCC3C1CC=C2c1cncnc1. The Morgan fingerprint density at radius 2 is 1.13 bits per heavy atom. The van der Waals surface area contributed by atoms with Crippen LogP contribution in [-0.2, 0) is 22.4 Å². The first-order chi connectivity index (χ1) is 29.4. The number of carbonyl (C=O) groups is 3. The topological polar surface area (TPSA) is 169 Å². The number of hydrogen-bond donors (Lipinski definition) is 3. The number of fused-ring (bicyclic) bond motifs is 10. The van der Waals surface area contributed by atoms with Crippen LogP contribution in [0.1, 0.15) is 121 Å². The minimum atomic E-state index is -0.969. The molecule has 2 heterocycles. The van der Waals surface area contributed by atoms with Crippen molar-refractivity contribution in [3.05, 3.63) is 125 Å². The highest BCUT2D eigenvalue weighted by Gasteiger charge is 2.53. The highest BCUT2D eigenvalue weighted by molar-refractivity contribution is 5.89. The summed E-state index contributed by atoms with van der Waals surface area (Å²) in [4.78, 5) is 45.7. The number of aliphatic carboxylic acids is 2. The highest BCUT2D eigenvalue weighted by Crippen LogP contribution is 2.64. The Morgan fingerprint density at radius 1 is 0.639 bits per heavy atom. The number of benzene rings is 2. The molecule has 0 aliphatic heterocycles. The Bertz CT molecular complexity index is 2430. The number of ether oxygens (including phenoxy) is 2. The fraction of sp³-hybridized carbons (Fsp3) is 0.440. The minimum absolute atomic E-state index is 0.0298. The molecule has 3 N–H and O–H groups in total. The maximum atomic E-state index is 11.4. The van der Waals surface area contributed by atoms with Gasteiger partial charge in [-0.3, -0.25) is 4.98 Å². The Hall–Kier alpha value is -5.84. The standard InChI is InChI=1S/C26H27NO5.C24H26N2O3/c1-26-9-8-20-19-5-3-18(32-14-24(28)29)11-15(19)2-4-21(20)23(26)7-6-22(26)16-10-17(25(30)31)13-27-12-16;1-24-9-8-19-18-5-3-17(29-13-23(27)28)10-15(18)2-4-20(19)22(24)7-6-21(24)16-11-25-14-26-12-16/h3,5-6,10-13,20-21,23H,2,4,7-9,14H2,1H3,(H,28,29)(H,30,31);3,5-6,10-12,14,19-20,22H,2,4,7-9,13H2,1H3,(H,27,28)/t20?,21?,23?,26-;19?,20?,22?,24-/m11/s1. The Balaban J connectivity index is 0.000000157. The number of rotatable bonds is 9. The summed E-state index contributed by atoms with van der Waals surface area (Å²) in [7, 11) is 0. The minimum Gasteiger partial charge on any atom is -0.482 e. The fourth-order valence-electron chi connectivity index (χ4n) is 12.8. The van der Waals surface area contributed by atoms with Gasteiger partial charge in [0.25, 0.3) is 0 Å². The first-order valence-electron chi connectivity index (χ1n) is 21.7. The Morgan fingerprint density at radius 3 is 1.62 bits per heavy atom. The molecule has 0 amide bonds. The normalized spacial score (nSPS) is 29.0. The molecule has 61 heavy (non-hydrogen) atoms. The second kappa shape index (κ2) is 16.2. The summed E-state index contributed by atoms with van der Waals surface area (Å²) in [5.74, 6) is 1.98. The van der Waals surface area contributed by atoms with Crippen molar-refractivity contribution in [2.24, 2.45) is 34.5 Å². The smallest absolute Gasteiger partial charge is 0.341 e. The van der Waals surface area contributed by atoms with E-state index in [2.05, 4.69) is 59.2 Å². The molecule has 0 bridgehead atoms.